The number of imidazole rings is 1. The zero-order valence-electron chi connectivity index (χ0n) is 36.2. The Hall–Kier alpha value is -6.53. The van der Waals surface area contributed by atoms with E-state index in [1.54, 1.807) is 6.07 Å². The number of benzene rings is 7. The Morgan fingerprint density at radius 1 is 0.544 bits per heavy atom. The summed E-state index contributed by atoms with van der Waals surface area (Å²) in [5.74, 6) is 1.65. The van der Waals surface area contributed by atoms with E-state index in [1.807, 2.05) is 71.3 Å². The van der Waals surface area contributed by atoms with E-state index in [9.17, 15) is 0 Å². The van der Waals surface area contributed by atoms with Crippen molar-refractivity contribution in [2.24, 2.45) is 6.98 Å². The van der Waals surface area contributed by atoms with Gasteiger partial charge in [-0.1, -0.05) is 108 Å². The average Bonchev–Trinajstić information content (AvgIpc) is 3.88. The number of hydrogen-bond donors (Lipinski definition) is 0. The van der Waals surface area contributed by atoms with Gasteiger partial charge in [-0.3, -0.25) is 4.57 Å². The number of ether oxygens (including phenoxy) is 1. The molecule has 0 radical (unpaired) electrons. The van der Waals surface area contributed by atoms with E-state index in [1.165, 1.54) is 32.2 Å². The number of nitrogens with zero attached hydrogens (tertiary/aromatic N) is 5. The second-order valence-electron chi connectivity index (χ2n) is 17.3. The lowest BCUT2D eigenvalue weighted by atomic mass is 9.80. The van der Waals surface area contributed by atoms with Gasteiger partial charge in [-0.2, -0.15) is 0 Å². The maximum atomic E-state index is 8.54. The lowest BCUT2D eigenvalue weighted by Gasteiger charge is -2.29. The first kappa shape index (κ1) is 31.7. The Kier molecular flexibility index (Phi) is 7.08. The molecule has 0 saturated heterocycles. The van der Waals surface area contributed by atoms with E-state index < -0.39 is 6.98 Å². The van der Waals surface area contributed by atoms with Gasteiger partial charge in [0.15, 0.2) is 0 Å². The number of fused-ring (bicyclic) bond motifs is 6. The molecule has 0 bridgehead atoms. The lowest BCUT2D eigenvalue weighted by Crippen LogP contribution is -2.25. The Balaban J connectivity index is 1.07. The van der Waals surface area contributed by atoms with Crippen molar-refractivity contribution < 1.29 is 8.85 Å². The molecule has 282 valence electrons. The van der Waals surface area contributed by atoms with E-state index in [0.29, 0.717) is 35.1 Å². The van der Waals surface area contributed by atoms with Gasteiger partial charge in [0.1, 0.15) is 18.2 Å². The van der Waals surface area contributed by atoms with Crippen LogP contribution in [0.2, 0.25) is 0 Å². The van der Waals surface area contributed by atoms with Crippen molar-refractivity contribution in [3.05, 3.63) is 157 Å². The lowest BCUT2D eigenvalue weighted by molar-refractivity contribution is 0.483. The first-order chi connectivity index (χ1) is 28.6. The van der Waals surface area contributed by atoms with E-state index in [0.717, 1.165) is 38.9 Å². The Morgan fingerprint density at radius 3 is 1.86 bits per heavy atom. The van der Waals surface area contributed by atoms with E-state index in [-0.39, 0.29) is 10.8 Å². The second kappa shape index (κ2) is 12.8. The molecule has 1 aliphatic heterocycles. The number of aryl methyl sites for hydroxylation is 1. The summed E-state index contributed by atoms with van der Waals surface area (Å²) >= 11 is 0. The smallest absolute Gasteiger partial charge is 0.215 e. The Labute approximate surface area is 338 Å². The maximum Gasteiger partial charge on any atom is 0.215 e. The molecule has 0 unspecified atom stereocenters. The summed E-state index contributed by atoms with van der Waals surface area (Å²) in [6.07, 6.45) is 0. The zero-order chi connectivity index (χ0) is 41.7. The van der Waals surface area contributed by atoms with Gasteiger partial charge in [0.05, 0.1) is 33.4 Å². The number of rotatable bonds is 5. The van der Waals surface area contributed by atoms with Gasteiger partial charge in [0, 0.05) is 45.4 Å². The molecule has 1 aliphatic rings. The number of hydrogen-bond acceptors (Lipinski definition) is 4. The van der Waals surface area contributed by atoms with Crippen LogP contribution in [0.25, 0.3) is 49.6 Å². The predicted octanol–water partition coefficient (Wildman–Crippen LogP) is 13.5. The van der Waals surface area contributed by atoms with E-state index in [2.05, 4.69) is 124 Å². The van der Waals surface area contributed by atoms with Gasteiger partial charge in [0.2, 0.25) is 5.95 Å². The molecule has 0 atom stereocenters. The van der Waals surface area contributed by atoms with Crippen LogP contribution in [-0.4, -0.2) is 20.8 Å². The maximum absolute atomic E-state index is 8.54. The monoisotopic (exact) mass is 748 g/mol. The summed E-state index contributed by atoms with van der Waals surface area (Å²) in [4.78, 5) is 9.72. The van der Waals surface area contributed by atoms with E-state index >= 15 is 0 Å². The van der Waals surface area contributed by atoms with Crippen molar-refractivity contribution in [2.45, 2.75) is 52.4 Å². The quantitative estimate of drug-likeness (QED) is 0.176. The minimum atomic E-state index is -2.46. The SMILES string of the molecule is [2H]C([2H])([2H])n1c(-n2c3ccccc3c3ccc(Oc4cccc(N5CN(c6cc(C(C)(C)C)cc(C(C)(C)C)c6)c6cc7ccccc7cc65)c4)cc32)nc2ccccc21. The van der Waals surface area contributed by atoms with Crippen LogP contribution in [-0.2, 0) is 17.8 Å². The highest BCUT2D eigenvalue weighted by atomic mass is 16.5. The Morgan fingerprint density at radius 2 is 1.16 bits per heavy atom. The molecule has 0 saturated carbocycles. The normalized spacial score (nSPS) is 14.4. The molecular formula is C51H47N5O. The first-order valence-electron chi connectivity index (χ1n) is 21.2. The summed E-state index contributed by atoms with van der Waals surface area (Å²) in [5, 5.41) is 4.36. The third-order valence-electron chi connectivity index (χ3n) is 11.4. The van der Waals surface area contributed by atoms with Gasteiger partial charge < -0.3 is 19.1 Å². The van der Waals surface area contributed by atoms with Crippen molar-refractivity contribution in [3.63, 3.8) is 0 Å². The molecule has 57 heavy (non-hydrogen) atoms. The minimum Gasteiger partial charge on any atom is -0.457 e. The van der Waals surface area contributed by atoms with Crippen LogP contribution in [0.5, 0.6) is 11.5 Å². The van der Waals surface area contributed by atoms with Crippen molar-refractivity contribution >= 4 is 66.4 Å². The van der Waals surface area contributed by atoms with Crippen molar-refractivity contribution in [1.29, 1.82) is 0 Å². The molecule has 0 amide bonds. The van der Waals surface area contributed by atoms with Gasteiger partial charge in [0.25, 0.3) is 0 Å². The number of anilines is 4. The predicted molar refractivity (Wildman–Crippen MR) is 239 cm³/mol. The molecule has 2 aromatic heterocycles. The van der Waals surface area contributed by atoms with Crippen LogP contribution >= 0.6 is 0 Å². The van der Waals surface area contributed by atoms with Gasteiger partial charge in [-0.25, -0.2) is 4.98 Å². The van der Waals surface area contributed by atoms with Gasteiger partial charge in [-0.15, -0.1) is 0 Å². The van der Waals surface area contributed by atoms with E-state index in [4.69, 9.17) is 13.8 Å². The van der Waals surface area contributed by atoms with Crippen LogP contribution in [0, 0.1) is 0 Å². The molecule has 6 heteroatoms. The topological polar surface area (TPSA) is 38.5 Å². The van der Waals surface area contributed by atoms with Crippen LogP contribution < -0.4 is 14.5 Å². The highest BCUT2D eigenvalue weighted by Gasteiger charge is 2.31. The van der Waals surface area contributed by atoms with Gasteiger partial charge >= 0.3 is 0 Å². The molecule has 7 aromatic carbocycles. The fraction of sp³-hybridized carbons (Fsp3) is 0.196. The average molecular weight is 749 g/mol. The summed E-state index contributed by atoms with van der Waals surface area (Å²) in [5.41, 5.74) is 9.89. The molecule has 0 N–H and O–H groups in total. The molecular weight excluding hydrogens is 699 g/mol. The fourth-order valence-corrected chi connectivity index (χ4v) is 8.26. The third-order valence-corrected chi connectivity index (χ3v) is 11.4. The highest BCUT2D eigenvalue weighted by molar-refractivity contribution is 6.09. The molecule has 10 rings (SSSR count). The second-order valence-corrected chi connectivity index (χ2v) is 17.3. The summed E-state index contributed by atoms with van der Waals surface area (Å²) in [6.45, 7) is 11.9. The number of para-hydroxylation sites is 3. The summed E-state index contributed by atoms with van der Waals surface area (Å²) < 4.78 is 35.6. The molecule has 6 nitrogen and oxygen atoms in total. The summed E-state index contributed by atoms with van der Waals surface area (Å²) in [6, 6.07) is 50.0. The largest absolute Gasteiger partial charge is 0.457 e. The van der Waals surface area contributed by atoms with Crippen molar-refractivity contribution in [1.82, 2.24) is 14.1 Å². The van der Waals surface area contributed by atoms with Crippen molar-refractivity contribution in [3.8, 4) is 17.4 Å². The molecule has 9 aromatic rings. The molecule has 0 spiro atoms. The van der Waals surface area contributed by atoms with Crippen molar-refractivity contribution in [2.75, 3.05) is 16.5 Å². The van der Waals surface area contributed by atoms with Crippen LogP contribution in [0.3, 0.4) is 0 Å². The van der Waals surface area contributed by atoms with Crippen LogP contribution in [0.4, 0.5) is 22.7 Å². The fourth-order valence-electron chi connectivity index (χ4n) is 8.26. The highest BCUT2D eigenvalue weighted by Crippen LogP contribution is 2.48. The van der Waals surface area contributed by atoms with Crippen LogP contribution in [0.15, 0.2) is 146 Å². The molecule has 3 heterocycles. The third kappa shape index (κ3) is 5.90. The molecule has 0 aliphatic carbocycles. The minimum absolute atomic E-state index is 0.0188. The number of aromatic nitrogens is 3. The standard InChI is InChI=1S/C51H47N5O/c1-50(2,3)35-27-36(51(4,5)6)29-38(28-35)55-32-54(47-25-33-15-8-9-16-34(33)26-48(47)55)37-17-14-18-39(30-37)57-40-23-24-42-41-19-10-12-21-44(41)56(46(42)31-40)49-52-43-20-11-13-22-45(43)53(49)7/h8-31H,32H2,1-7H3/i7D3. The van der Waals surface area contributed by atoms with Gasteiger partial charge in [-0.05, 0) is 99.5 Å². The first-order valence-corrected chi connectivity index (χ1v) is 19.7. The van der Waals surface area contributed by atoms with Crippen LogP contribution in [0.1, 0.15) is 56.8 Å². The summed E-state index contributed by atoms with van der Waals surface area (Å²) in [7, 11) is 0. The molecule has 0 fully saturated rings. The zero-order valence-corrected chi connectivity index (χ0v) is 33.2. The Bertz CT molecular complexity index is 3110.